The molecule has 4 nitrogen and oxygen atoms in total. The lowest BCUT2D eigenvalue weighted by Crippen LogP contribution is -2.63. The minimum atomic E-state index is 0.109. The SMILES string of the molecule is COc1ccc2c3c1O[C@H]1/C(=C/C=C/CCCO)CC[C@H]4[C@@H](C2)N(C)CC[C@]314. The zero-order valence-corrected chi connectivity index (χ0v) is 17.0. The molecule has 4 heteroatoms. The predicted octanol–water partition coefficient (Wildman–Crippen LogP) is 3.62. The number of ether oxygens (including phenoxy) is 2. The van der Waals surface area contributed by atoms with Crippen LogP contribution in [0.15, 0.2) is 35.9 Å². The Labute approximate surface area is 167 Å². The number of nitrogens with zero attached hydrogens (tertiary/aromatic N) is 1. The number of hydrogen-bond acceptors (Lipinski definition) is 4. The maximum absolute atomic E-state index is 8.98. The number of rotatable bonds is 5. The van der Waals surface area contributed by atoms with Crippen LogP contribution in [0.1, 0.15) is 43.2 Å². The Morgan fingerprint density at radius 3 is 3.11 bits per heavy atom. The third-order valence-corrected chi connectivity index (χ3v) is 7.65. The minimum Gasteiger partial charge on any atom is -0.493 e. The molecule has 1 aromatic rings. The smallest absolute Gasteiger partial charge is 0.166 e. The van der Waals surface area contributed by atoms with Crippen molar-refractivity contribution in [2.45, 2.75) is 56.1 Å². The molecule has 4 aliphatic rings. The second kappa shape index (κ2) is 6.93. The number of unbranched alkanes of at least 4 members (excludes halogenated alkanes) is 1. The van der Waals surface area contributed by atoms with Gasteiger partial charge >= 0.3 is 0 Å². The van der Waals surface area contributed by atoms with Gasteiger partial charge in [0.25, 0.3) is 0 Å². The van der Waals surface area contributed by atoms with Gasteiger partial charge in [-0.05, 0) is 75.2 Å². The van der Waals surface area contributed by atoms with Gasteiger partial charge in [-0.25, -0.2) is 0 Å². The summed E-state index contributed by atoms with van der Waals surface area (Å²) in [6.07, 6.45) is 13.1. The third-order valence-electron chi connectivity index (χ3n) is 7.65. The topological polar surface area (TPSA) is 41.9 Å². The van der Waals surface area contributed by atoms with Gasteiger partial charge in [0.05, 0.1) is 7.11 Å². The van der Waals surface area contributed by atoms with E-state index >= 15 is 0 Å². The molecule has 1 N–H and O–H groups in total. The van der Waals surface area contributed by atoms with E-state index in [0.717, 1.165) is 50.1 Å². The van der Waals surface area contributed by atoms with Crippen molar-refractivity contribution in [1.29, 1.82) is 0 Å². The van der Waals surface area contributed by atoms with Crippen LogP contribution in [0.4, 0.5) is 0 Å². The number of hydrogen-bond donors (Lipinski definition) is 1. The van der Waals surface area contributed by atoms with Crippen LogP contribution < -0.4 is 9.47 Å². The molecule has 4 atom stereocenters. The standard InChI is InChI=1S/C24H31NO3/c1-25-13-12-24-18-10-8-16(7-5-3-4-6-14-26)23(24)28-22-20(27-2)11-9-17(21(22)24)15-19(18)25/h3,5,7,9,11,18-19,23,26H,4,6,8,10,12-15H2,1-2H3/b5-3+,16-7+/t18-,19+,23-,24-/m0/s1. The number of piperidine rings is 1. The van der Waals surface area contributed by atoms with Gasteiger partial charge in [-0.2, -0.15) is 0 Å². The van der Waals surface area contributed by atoms with Gasteiger partial charge in [-0.15, -0.1) is 0 Å². The van der Waals surface area contributed by atoms with Gasteiger partial charge in [-0.3, -0.25) is 0 Å². The lowest BCUT2D eigenvalue weighted by atomic mass is 9.51. The van der Waals surface area contributed by atoms with Gasteiger partial charge in [0.1, 0.15) is 6.10 Å². The summed E-state index contributed by atoms with van der Waals surface area (Å²) in [5.74, 6) is 2.55. The summed E-state index contributed by atoms with van der Waals surface area (Å²) in [5.41, 5.74) is 4.45. The largest absolute Gasteiger partial charge is 0.493 e. The summed E-state index contributed by atoms with van der Waals surface area (Å²) in [6.45, 7) is 1.39. The van der Waals surface area contributed by atoms with Crippen molar-refractivity contribution in [3.63, 3.8) is 0 Å². The molecule has 1 spiro atoms. The van der Waals surface area contributed by atoms with Gasteiger partial charge in [0.2, 0.25) is 0 Å². The maximum atomic E-state index is 8.98. The summed E-state index contributed by atoms with van der Waals surface area (Å²) < 4.78 is 12.4. The van der Waals surface area contributed by atoms with Crippen LogP contribution in [0.25, 0.3) is 0 Å². The normalized spacial score (nSPS) is 34.5. The molecule has 1 saturated carbocycles. The molecule has 5 rings (SSSR count). The van der Waals surface area contributed by atoms with E-state index in [1.54, 1.807) is 7.11 Å². The van der Waals surface area contributed by atoms with Gasteiger partial charge in [-0.1, -0.05) is 24.3 Å². The van der Waals surface area contributed by atoms with E-state index in [1.165, 1.54) is 23.1 Å². The molecule has 0 radical (unpaired) electrons. The molecule has 0 aromatic heterocycles. The highest BCUT2D eigenvalue weighted by molar-refractivity contribution is 5.62. The number of benzene rings is 1. The number of aliphatic hydroxyl groups is 1. The molecular weight excluding hydrogens is 350 g/mol. The molecule has 150 valence electrons. The van der Waals surface area contributed by atoms with Crippen LogP contribution in [-0.2, 0) is 11.8 Å². The van der Waals surface area contributed by atoms with E-state index in [4.69, 9.17) is 14.6 Å². The highest BCUT2D eigenvalue weighted by Crippen LogP contribution is 2.64. The highest BCUT2D eigenvalue weighted by Gasteiger charge is 2.64. The van der Waals surface area contributed by atoms with E-state index in [1.807, 2.05) is 0 Å². The van der Waals surface area contributed by atoms with E-state index < -0.39 is 0 Å². The number of methoxy groups -OCH3 is 1. The molecular formula is C24H31NO3. The average molecular weight is 382 g/mol. The molecule has 1 saturated heterocycles. The fourth-order valence-electron chi connectivity index (χ4n) is 6.42. The first kappa shape index (κ1) is 18.3. The van der Waals surface area contributed by atoms with E-state index in [9.17, 15) is 0 Å². The Bertz CT molecular complexity index is 829. The second-order valence-corrected chi connectivity index (χ2v) is 8.85. The van der Waals surface area contributed by atoms with Gasteiger partial charge in [0, 0.05) is 23.6 Å². The minimum absolute atomic E-state index is 0.109. The Hall–Kier alpha value is -1.78. The fraction of sp³-hybridized carbons (Fsp3) is 0.583. The highest BCUT2D eigenvalue weighted by atomic mass is 16.5. The monoisotopic (exact) mass is 381 g/mol. The summed E-state index contributed by atoms with van der Waals surface area (Å²) in [5, 5.41) is 8.98. The Balaban J connectivity index is 1.59. The van der Waals surface area contributed by atoms with E-state index in [-0.39, 0.29) is 18.1 Å². The summed E-state index contributed by atoms with van der Waals surface area (Å²) in [7, 11) is 4.05. The zero-order valence-electron chi connectivity index (χ0n) is 17.0. The first-order valence-electron chi connectivity index (χ1n) is 10.7. The molecule has 0 amide bonds. The van der Waals surface area contributed by atoms with Crippen molar-refractivity contribution in [3.05, 3.63) is 47.1 Å². The Morgan fingerprint density at radius 1 is 1.39 bits per heavy atom. The first-order valence-corrected chi connectivity index (χ1v) is 10.7. The van der Waals surface area contributed by atoms with Crippen molar-refractivity contribution < 1.29 is 14.6 Å². The number of allylic oxidation sites excluding steroid dienone is 3. The van der Waals surface area contributed by atoms with Crippen LogP contribution in [0.2, 0.25) is 0 Å². The van der Waals surface area contributed by atoms with Crippen LogP contribution in [0.5, 0.6) is 11.5 Å². The first-order chi connectivity index (χ1) is 13.7. The number of aliphatic hydroxyl groups excluding tert-OH is 1. The molecule has 2 bridgehead atoms. The molecule has 2 aliphatic heterocycles. The number of likely N-dealkylation sites (tertiary alicyclic amines) is 1. The summed E-state index contributed by atoms with van der Waals surface area (Å²) >= 11 is 0. The quantitative estimate of drug-likeness (QED) is 0.791. The van der Waals surface area contributed by atoms with Crippen molar-refractivity contribution in [3.8, 4) is 11.5 Å². The lowest BCUT2D eigenvalue weighted by Gasteiger charge is -2.58. The van der Waals surface area contributed by atoms with Gasteiger partial charge in [0.15, 0.2) is 11.5 Å². The molecule has 0 unspecified atom stereocenters. The molecule has 2 aliphatic carbocycles. The molecule has 2 fully saturated rings. The molecule has 28 heavy (non-hydrogen) atoms. The van der Waals surface area contributed by atoms with E-state index in [0.29, 0.717) is 12.0 Å². The Morgan fingerprint density at radius 2 is 2.29 bits per heavy atom. The average Bonchev–Trinajstić information content (AvgIpc) is 3.06. The zero-order chi connectivity index (χ0) is 19.3. The van der Waals surface area contributed by atoms with Crippen molar-refractivity contribution in [2.24, 2.45) is 5.92 Å². The van der Waals surface area contributed by atoms with Crippen LogP contribution in [-0.4, -0.2) is 49.5 Å². The molecule has 2 heterocycles. The number of likely N-dealkylation sites (N-methyl/N-ethyl adjacent to an activating group) is 1. The predicted molar refractivity (Wildman–Crippen MR) is 110 cm³/mol. The second-order valence-electron chi connectivity index (χ2n) is 8.85. The summed E-state index contributed by atoms with van der Waals surface area (Å²) in [4.78, 5) is 2.58. The third kappa shape index (κ3) is 2.44. The lowest BCUT2D eigenvalue weighted by molar-refractivity contribution is -0.0216. The van der Waals surface area contributed by atoms with E-state index in [2.05, 4.69) is 42.3 Å². The van der Waals surface area contributed by atoms with Crippen LogP contribution in [0, 0.1) is 5.92 Å². The van der Waals surface area contributed by atoms with Crippen molar-refractivity contribution in [2.75, 3.05) is 27.3 Å². The fourth-order valence-corrected chi connectivity index (χ4v) is 6.42. The van der Waals surface area contributed by atoms with Crippen molar-refractivity contribution in [1.82, 2.24) is 4.90 Å². The maximum Gasteiger partial charge on any atom is 0.166 e. The molecule has 1 aromatic carbocycles. The summed E-state index contributed by atoms with van der Waals surface area (Å²) in [6, 6.07) is 4.99. The van der Waals surface area contributed by atoms with Gasteiger partial charge < -0.3 is 19.5 Å². The van der Waals surface area contributed by atoms with Crippen LogP contribution in [0.3, 0.4) is 0 Å². The Kier molecular flexibility index (Phi) is 4.52. The van der Waals surface area contributed by atoms with Crippen LogP contribution >= 0.6 is 0 Å². The van der Waals surface area contributed by atoms with Crippen molar-refractivity contribution >= 4 is 0 Å².